The van der Waals surface area contributed by atoms with Crippen molar-refractivity contribution >= 4 is 44.6 Å². The minimum atomic E-state index is 0.314. The Morgan fingerprint density at radius 3 is 2.76 bits per heavy atom. The zero-order valence-electron chi connectivity index (χ0n) is 11.5. The van der Waals surface area contributed by atoms with Gasteiger partial charge in [0.05, 0.1) is 5.69 Å². The van der Waals surface area contributed by atoms with Crippen molar-refractivity contribution in [2.75, 3.05) is 36.0 Å². The zero-order chi connectivity index (χ0) is 14.8. The lowest BCUT2D eigenvalue weighted by Crippen LogP contribution is -2.30. The molecule has 0 atom stereocenters. The lowest BCUT2D eigenvalue weighted by Gasteiger charge is -2.21. The summed E-state index contributed by atoms with van der Waals surface area (Å²) in [5, 5.41) is 13.6. The first-order chi connectivity index (χ1) is 10.2. The number of nitrogens with zero attached hydrogens (tertiary/aromatic N) is 5. The highest BCUT2D eigenvalue weighted by molar-refractivity contribution is 7.13. The summed E-state index contributed by atoms with van der Waals surface area (Å²) in [6.45, 7) is 5.66. The average molecular weight is 340 g/mol. The Labute approximate surface area is 136 Å². The van der Waals surface area contributed by atoms with Gasteiger partial charge in [0, 0.05) is 31.6 Å². The molecular formula is C13H14ClN5S2. The second kappa shape index (κ2) is 6.18. The van der Waals surface area contributed by atoms with Crippen LogP contribution in [0.1, 0.15) is 17.7 Å². The molecule has 1 aliphatic rings. The maximum absolute atomic E-state index is 9.21. The standard InChI is InChI=1S/C13H14ClN5S2/c1-9-8-20-13(16-9)19-4-2-3-18(5-6-19)12-10(7-15)11(14)17-21-12/h8H,2-6H2,1H3. The molecule has 110 valence electrons. The number of hydrogen-bond acceptors (Lipinski definition) is 7. The third-order valence-electron chi connectivity index (χ3n) is 3.40. The summed E-state index contributed by atoms with van der Waals surface area (Å²) >= 11 is 8.96. The minimum Gasteiger partial charge on any atom is -0.359 e. The molecule has 0 aliphatic carbocycles. The molecule has 0 spiro atoms. The van der Waals surface area contributed by atoms with Gasteiger partial charge in [0.15, 0.2) is 10.3 Å². The number of anilines is 2. The average Bonchev–Trinajstić information content (AvgIpc) is 2.97. The van der Waals surface area contributed by atoms with Gasteiger partial charge in [-0.15, -0.1) is 11.3 Å². The second-order valence-electron chi connectivity index (χ2n) is 4.86. The van der Waals surface area contributed by atoms with Gasteiger partial charge in [0.2, 0.25) is 0 Å². The second-order valence-corrected chi connectivity index (χ2v) is 6.81. The summed E-state index contributed by atoms with van der Waals surface area (Å²) in [7, 11) is 0. The van der Waals surface area contributed by atoms with Crippen molar-refractivity contribution in [3.63, 3.8) is 0 Å². The van der Waals surface area contributed by atoms with E-state index in [9.17, 15) is 5.26 Å². The Morgan fingerprint density at radius 2 is 2.05 bits per heavy atom. The van der Waals surface area contributed by atoms with Crippen LogP contribution in [0.4, 0.5) is 10.1 Å². The number of thiazole rings is 1. The summed E-state index contributed by atoms with van der Waals surface area (Å²) in [4.78, 5) is 9.08. The highest BCUT2D eigenvalue weighted by Crippen LogP contribution is 2.32. The van der Waals surface area contributed by atoms with Crippen molar-refractivity contribution in [3.05, 3.63) is 21.8 Å². The van der Waals surface area contributed by atoms with E-state index < -0.39 is 0 Å². The van der Waals surface area contributed by atoms with Crippen LogP contribution in [0.2, 0.25) is 5.15 Å². The number of halogens is 1. The van der Waals surface area contributed by atoms with Crippen molar-refractivity contribution in [2.24, 2.45) is 0 Å². The van der Waals surface area contributed by atoms with E-state index >= 15 is 0 Å². The van der Waals surface area contributed by atoms with Crippen molar-refractivity contribution in [3.8, 4) is 6.07 Å². The first-order valence-electron chi connectivity index (χ1n) is 6.66. The molecule has 21 heavy (non-hydrogen) atoms. The van der Waals surface area contributed by atoms with E-state index in [0.717, 1.165) is 48.4 Å². The van der Waals surface area contributed by atoms with Crippen LogP contribution in [0.15, 0.2) is 5.38 Å². The number of aromatic nitrogens is 2. The predicted molar refractivity (Wildman–Crippen MR) is 87.7 cm³/mol. The van der Waals surface area contributed by atoms with Crippen LogP contribution >= 0.6 is 34.5 Å². The number of aryl methyl sites for hydroxylation is 1. The van der Waals surface area contributed by atoms with Crippen LogP contribution in [-0.2, 0) is 0 Å². The van der Waals surface area contributed by atoms with Gasteiger partial charge in [-0.2, -0.15) is 9.64 Å². The van der Waals surface area contributed by atoms with E-state index in [-0.39, 0.29) is 0 Å². The van der Waals surface area contributed by atoms with E-state index in [1.54, 1.807) is 11.3 Å². The summed E-state index contributed by atoms with van der Waals surface area (Å²) in [5.41, 5.74) is 1.57. The van der Waals surface area contributed by atoms with Gasteiger partial charge in [-0.05, 0) is 24.9 Å². The molecule has 2 aromatic heterocycles. The van der Waals surface area contributed by atoms with Gasteiger partial charge < -0.3 is 9.80 Å². The third-order valence-corrected chi connectivity index (χ3v) is 5.71. The summed E-state index contributed by atoms with van der Waals surface area (Å²) < 4.78 is 4.09. The Kier molecular flexibility index (Phi) is 4.29. The smallest absolute Gasteiger partial charge is 0.185 e. The van der Waals surface area contributed by atoms with E-state index in [4.69, 9.17) is 11.6 Å². The normalized spacial score (nSPS) is 15.9. The SMILES string of the molecule is Cc1csc(N2CCCN(c3snc(Cl)c3C#N)CC2)n1. The summed E-state index contributed by atoms with van der Waals surface area (Å²) in [5.74, 6) is 0. The van der Waals surface area contributed by atoms with Crippen LogP contribution in [0.5, 0.6) is 0 Å². The van der Waals surface area contributed by atoms with E-state index in [0.29, 0.717) is 10.7 Å². The lowest BCUT2D eigenvalue weighted by molar-refractivity contribution is 0.805. The van der Waals surface area contributed by atoms with Crippen LogP contribution in [0.3, 0.4) is 0 Å². The number of hydrogen-bond donors (Lipinski definition) is 0. The van der Waals surface area contributed by atoms with Gasteiger partial charge in [0.25, 0.3) is 0 Å². The molecule has 1 fully saturated rings. The number of nitriles is 1. The molecule has 2 aromatic rings. The number of rotatable bonds is 2. The van der Waals surface area contributed by atoms with E-state index in [2.05, 4.69) is 30.6 Å². The van der Waals surface area contributed by atoms with Crippen molar-refractivity contribution in [2.45, 2.75) is 13.3 Å². The van der Waals surface area contributed by atoms with Crippen molar-refractivity contribution in [1.29, 1.82) is 5.26 Å². The van der Waals surface area contributed by atoms with Crippen molar-refractivity contribution < 1.29 is 0 Å². The zero-order valence-corrected chi connectivity index (χ0v) is 13.9. The molecule has 8 heteroatoms. The van der Waals surface area contributed by atoms with Gasteiger partial charge in [0.1, 0.15) is 16.6 Å². The third kappa shape index (κ3) is 2.98. The predicted octanol–water partition coefficient (Wildman–Crippen LogP) is 3.15. The Bertz CT molecular complexity index is 674. The summed E-state index contributed by atoms with van der Waals surface area (Å²) in [6, 6.07) is 2.16. The lowest BCUT2D eigenvalue weighted by atomic mass is 10.3. The maximum atomic E-state index is 9.21. The maximum Gasteiger partial charge on any atom is 0.185 e. The molecule has 3 rings (SSSR count). The van der Waals surface area contributed by atoms with Gasteiger partial charge >= 0.3 is 0 Å². The fourth-order valence-electron chi connectivity index (χ4n) is 2.37. The fraction of sp³-hybridized carbons (Fsp3) is 0.462. The Balaban J connectivity index is 1.75. The monoisotopic (exact) mass is 339 g/mol. The molecule has 1 aliphatic heterocycles. The van der Waals surface area contributed by atoms with Crippen molar-refractivity contribution in [1.82, 2.24) is 9.36 Å². The highest BCUT2D eigenvalue weighted by atomic mass is 35.5. The fourth-order valence-corrected chi connectivity index (χ4v) is 4.31. The molecule has 0 aromatic carbocycles. The molecule has 0 N–H and O–H groups in total. The van der Waals surface area contributed by atoms with Gasteiger partial charge in [-0.1, -0.05) is 11.6 Å². The Hall–Kier alpha value is -1.36. The molecule has 0 saturated carbocycles. The molecule has 0 amide bonds. The first kappa shape index (κ1) is 14.6. The topological polar surface area (TPSA) is 56.0 Å². The highest BCUT2D eigenvalue weighted by Gasteiger charge is 2.22. The van der Waals surface area contributed by atoms with E-state index in [1.165, 1.54) is 11.5 Å². The van der Waals surface area contributed by atoms with Crippen LogP contribution in [0, 0.1) is 18.3 Å². The quantitative estimate of drug-likeness (QED) is 0.841. The molecule has 0 radical (unpaired) electrons. The van der Waals surface area contributed by atoms with Crippen LogP contribution < -0.4 is 9.80 Å². The van der Waals surface area contributed by atoms with Crippen LogP contribution in [0.25, 0.3) is 0 Å². The largest absolute Gasteiger partial charge is 0.359 e. The van der Waals surface area contributed by atoms with Crippen LogP contribution in [-0.4, -0.2) is 35.5 Å². The molecule has 3 heterocycles. The molecule has 1 saturated heterocycles. The Morgan fingerprint density at radius 1 is 1.29 bits per heavy atom. The first-order valence-corrected chi connectivity index (χ1v) is 8.69. The molecule has 0 bridgehead atoms. The van der Waals surface area contributed by atoms with Gasteiger partial charge in [-0.3, -0.25) is 0 Å². The summed E-state index contributed by atoms with van der Waals surface area (Å²) in [6.07, 6.45) is 1.03. The molecule has 0 unspecified atom stereocenters. The molecule has 5 nitrogen and oxygen atoms in total. The van der Waals surface area contributed by atoms with Gasteiger partial charge in [-0.25, -0.2) is 4.98 Å². The van der Waals surface area contributed by atoms with E-state index in [1.807, 2.05) is 6.92 Å². The minimum absolute atomic E-state index is 0.314. The molecular weight excluding hydrogens is 326 g/mol.